The van der Waals surface area contributed by atoms with Gasteiger partial charge in [-0.15, -0.1) is 0 Å². The van der Waals surface area contributed by atoms with Gasteiger partial charge in [-0.05, 0) is 42.1 Å². The highest BCUT2D eigenvalue weighted by atomic mass is 32.1. The summed E-state index contributed by atoms with van der Waals surface area (Å²) in [4.78, 5) is 28.0. The van der Waals surface area contributed by atoms with Crippen molar-refractivity contribution in [2.45, 2.75) is 18.4 Å². The summed E-state index contributed by atoms with van der Waals surface area (Å²) in [7, 11) is 0. The van der Waals surface area contributed by atoms with Crippen LogP contribution < -0.4 is 4.90 Å². The topological polar surface area (TPSA) is 55.8 Å². The molecule has 0 atom stereocenters. The molecule has 0 saturated carbocycles. The number of nitrogens with zero attached hydrogens (tertiary/aromatic N) is 1. The fourth-order valence-electron chi connectivity index (χ4n) is 4.04. The van der Waals surface area contributed by atoms with Crippen molar-refractivity contribution in [1.29, 1.82) is 0 Å². The Morgan fingerprint density at radius 3 is 2.50 bits per heavy atom. The minimum atomic E-state index is -4.68. The Morgan fingerprint density at radius 1 is 1.06 bits per heavy atom. The number of benzene rings is 2. The average molecular weight is 459 g/mol. The Labute approximate surface area is 185 Å². The number of hydrogen-bond acceptors (Lipinski definition) is 5. The molecule has 5 nitrogen and oxygen atoms in total. The molecule has 9 heteroatoms. The number of fused-ring (bicyclic) bond motifs is 2. The number of ketones is 1. The monoisotopic (exact) mass is 459 g/mol. The molecule has 1 spiro atoms. The van der Waals surface area contributed by atoms with Gasteiger partial charge >= 0.3 is 6.18 Å². The molecule has 0 bridgehead atoms. The number of ether oxygens (including phenoxy) is 2. The van der Waals surface area contributed by atoms with Crippen molar-refractivity contribution >= 4 is 34.4 Å². The van der Waals surface area contributed by atoms with E-state index < -0.39 is 34.8 Å². The first kappa shape index (κ1) is 20.9. The lowest BCUT2D eigenvalue weighted by Gasteiger charge is -2.32. The molecule has 0 N–H and O–H groups in total. The maximum absolute atomic E-state index is 13.4. The zero-order chi connectivity index (χ0) is 22.5. The molecule has 0 aliphatic carbocycles. The van der Waals surface area contributed by atoms with E-state index in [0.717, 1.165) is 12.1 Å². The fraction of sp³-hybridized carbons (Fsp3) is 0.217. The molecular formula is C23H16F3NO4S. The fourth-order valence-corrected chi connectivity index (χ4v) is 4.66. The first-order chi connectivity index (χ1) is 15.3. The van der Waals surface area contributed by atoms with Crippen LogP contribution in [0.5, 0.6) is 0 Å². The van der Waals surface area contributed by atoms with Crippen LogP contribution in [0.2, 0.25) is 0 Å². The van der Waals surface area contributed by atoms with Crippen LogP contribution in [0.1, 0.15) is 33.5 Å². The number of amides is 1. The van der Waals surface area contributed by atoms with Crippen LogP contribution in [0.15, 0.2) is 59.3 Å². The number of hydrogen-bond donors (Lipinski definition) is 0. The largest absolute Gasteiger partial charge is 0.417 e. The maximum Gasteiger partial charge on any atom is 0.417 e. The van der Waals surface area contributed by atoms with Gasteiger partial charge in [0.15, 0.2) is 5.78 Å². The molecule has 32 heavy (non-hydrogen) atoms. The average Bonchev–Trinajstić information content (AvgIpc) is 3.39. The lowest BCUT2D eigenvalue weighted by Crippen LogP contribution is -2.46. The first-order valence-electron chi connectivity index (χ1n) is 9.83. The Bertz CT molecular complexity index is 1200. The highest BCUT2D eigenvalue weighted by molar-refractivity contribution is 7.08. The number of alkyl halides is 3. The summed E-state index contributed by atoms with van der Waals surface area (Å²) in [5, 5.41) is 3.62. The van der Waals surface area contributed by atoms with E-state index in [2.05, 4.69) is 0 Å². The number of rotatable bonds is 3. The Balaban J connectivity index is 1.64. The van der Waals surface area contributed by atoms with E-state index in [0.29, 0.717) is 23.4 Å². The second kappa shape index (κ2) is 7.54. The normalized spacial score (nSPS) is 17.6. The van der Waals surface area contributed by atoms with Gasteiger partial charge in [-0.2, -0.15) is 24.5 Å². The number of halogens is 3. The summed E-state index contributed by atoms with van der Waals surface area (Å²) in [5.41, 5.74) is -0.0606. The molecule has 1 amide bonds. The third kappa shape index (κ3) is 3.16. The summed E-state index contributed by atoms with van der Waals surface area (Å²) < 4.78 is 52.0. The smallest absolute Gasteiger partial charge is 0.338 e. The highest BCUT2D eigenvalue weighted by Crippen LogP contribution is 2.49. The van der Waals surface area contributed by atoms with E-state index >= 15 is 0 Å². The molecule has 1 saturated heterocycles. The van der Waals surface area contributed by atoms with Gasteiger partial charge in [-0.25, -0.2) is 0 Å². The summed E-state index contributed by atoms with van der Waals surface area (Å²) in [6.45, 7) is 0.551. The highest BCUT2D eigenvalue weighted by Gasteiger charge is 2.55. The molecule has 2 aromatic carbocycles. The van der Waals surface area contributed by atoms with Crippen molar-refractivity contribution in [1.82, 2.24) is 0 Å². The van der Waals surface area contributed by atoms with Gasteiger partial charge in [-0.1, -0.05) is 18.2 Å². The van der Waals surface area contributed by atoms with Crippen LogP contribution >= 0.6 is 11.3 Å². The molecule has 2 aliphatic heterocycles. The van der Waals surface area contributed by atoms with Gasteiger partial charge in [-0.3, -0.25) is 14.5 Å². The number of anilines is 2. The summed E-state index contributed by atoms with van der Waals surface area (Å²) in [6, 6.07) is 10.8. The molecule has 5 rings (SSSR count). The van der Waals surface area contributed by atoms with Gasteiger partial charge in [0.2, 0.25) is 0 Å². The molecule has 3 heterocycles. The minimum absolute atomic E-state index is 0.0116. The second-order valence-electron chi connectivity index (χ2n) is 7.39. The van der Waals surface area contributed by atoms with Gasteiger partial charge in [0.05, 0.1) is 30.2 Å². The van der Waals surface area contributed by atoms with Crippen molar-refractivity contribution in [3.63, 3.8) is 0 Å². The zero-order valence-corrected chi connectivity index (χ0v) is 17.3. The van der Waals surface area contributed by atoms with E-state index in [1.54, 1.807) is 17.5 Å². The van der Waals surface area contributed by atoms with E-state index in [-0.39, 0.29) is 18.8 Å². The van der Waals surface area contributed by atoms with Gasteiger partial charge < -0.3 is 9.47 Å². The summed E-state index contributed by atoms with van der Waals surface area (Å²) in [5.74, 6) is -2.98. The molecule has 164 valence electrons. The van der Waals surface area contributed by atoms with Crippen LogP contribution in [-0.4, -0.2) is 24.9 Å². The molecule has 0 radical (unpaired) electrons. The summed E-state index contributed by atoms with van der Waals surface area (Å²) in [6.07, 6.45) is -4.08. The predicted molar refractivity (Wildman–Crippen MR) is 111 cm³/mol. The molecule has 3 aromatic rings. The summed E-state index contributed by atoms with van der Waals surface area (Å²) >= 11 is 1.41. The Hall–Kier alpha value is -3.01. The standard InChI is InChI=1S/C23H16F3NO4S/c24-23(25,26)17-5-2-1-4-16(17)20(28)14-6-7-19-18(12-14)22(30-9-3-10-31-22)21(29)27(19)15-8-11-32-13-15/h1-2,4-8,11-13H,3,9-10H2. The van der Waals surface area contributed by atoms with E-state index in [9.17, 15) is 22.8 Å². The van der Waals surface area contributed by atoms with Crippen LogP contribution in [0.3, 0.4) is 0 Å². The van der Waals surface area contributed by atoms with Gasteiger partial charge in [0.25, 0.3) is 11.7 Å². The van der Waals surface area contributed by atoms with Crippen LogP contribution in [0, 0.1) is 0 Å². The second-order valence-corrected chi connectivity index (χ2v) is 8.17. The minimum Gasteiger partial charge on any atom is -0.338 e. The molecule has 1 fully saturated rings. The lowest BCUT2D eigenvalue weighted by atomic mass is 9.95. The van der Waals surface area contributed by atoms with Crippen molar-refractivity contribution in [3.05, 3.63) is 81.5 Å². The lowest BCUT2D eigenvalue weighted by molar-refractivity contribution is -0.256. The quantitative estimate of drug-likeness (QED) is 0.501. The van der Waals surface area contributed by atoms with Crippen LogP contribution in [0.25, 0.3) is 0 Å². The third-order valence-corrected chi connectivity index (χ3v) is 6.15. The molecule has 1 aromatic heterocycles. The number of carbonyl (C=O) groups excluding carboxylic acids is 2. The third-order valence-electron chi connectivity index (χ3n) is 5.48. The van der Waals surface area contributed by atoms with Crippen molar-refractivity contribution < 1.29 is 32.2 Å². The van der Waals surface area contributed by atoms with Crippen molar-refractivity contribution in [3.8, 4) is 0 Å². The van der Waals surface area contributed by atoms with Gasteiger partial charge in [0.1, 0.15) is 0 Å². The van der Waals surface area contributed by atoms with Crippen molar-refractivity contribution in [2.24, 2.45) is 0 Å². The Morgan fingerprint density at radius 2 is 1.81 bits per heavy atom. The van der Waals surface area contributed by atoms with E-state index in [1.807, 2.05) is 5.38 Å². The van der Waals surface area contributed by atoms with Crippen LogP contribution in [0.4, 0.5) is 24.5 Å². The SMILES string of the molecule is O=C(c1ccc2c(c1)C1(OCCCO1)C(=O)N2c1ccsc1)c1ccccc1C(F)(F)F. The molecular weight excluding hydrogens is 443 g/mol. The van der Waals surface area contributed by atoms with E-state index in [4.69, 9.17) is 9.47 Å². The predicted octanol–water partition coefficient (Wildman–Crippen LogP) is 5.27. The van der Waals surface area contributed by atoms with Crippen molar-refractivity contribution in [2.75, 3.05) is 18.1 Å². The number of carbonyl (C=O) groups is 2. The molecule has 0 unspecified atom stereocenters. The number of thiophene rings is 1. The Kier molecular flexibility index (Phi) is 4.92. The van der Waals surface area contributed by atoms with E-state index in [1.165, 1.54) is 40.5 Å². The van der Waals surface area contributed by atoms with Crippen LogP contribution in [-0.2, 0) is 26.2 Å². The zero-order valence-electron chi connectivity index (χ0n) is 16.5. The maximum atomic E-state index is 13.4. The van der Waals surface area contributed by atoms with Gasteiger partial charge in [0, 0.05) is 22.1 Å². The first-order valence-corrected chi connectivity index (χ1v) is 10.8. The molecule has 2 aliphatic rings.